The molecule has 0 unspecified atom stereocenters. The Labute approximate surface area is 142 Å². The zero-order valence-corrected chi connectivity index (χ0v) is 13.8. The topological polar surface area (TPSA) is 45.2 Å². The molecule has 2 heterocycles. The van der Waals surface area contributed by atoms with Crippen molar-refractivity contribution in [3.63, 3.8) is 0 Å². The van der Waals surface area contributed by atoms with E-state index in [4.69, 9.17) is 0 Å². The van der Waals surface area contributed by atoms with Gasteiger partial charge < -0.3 is 10.2 Å². The van der Waals surface area contributed by atoms with Crippen molar-refractivity contribution < 1.29 is 9.18 Å². The van der Waals surface area contributed by atoms with E-state index < -0.39 is 0 Å². The van der Waals surface area contributed by atoms with Crippen LogP contribution in [0.2, 0.25) is 0 Å². The molecule has 1 N–H and O–H groups in total. The highest BCUT2D eigenvalue weighted by molar-refractivity contribution is 7.21. The first-order chi connectivity index (χ1) is 11.7. The summed E-state index contributed by atoms with van der Waals surface area (Å²) in [5.41, 5.74) is 2.47. The molecule has 1 aromatic heterocycles. The molecule has 1 aliphatic rings. The van der Waals surface area contributed by atoms with E-state index in [1.807, 2.05) is 23.1 Å². The summed E-state index contributed by atoms with van der Waals surface area (Å²) in [6, 6.07) is 12.0. The van der Waals surface area contributed by atoms with Crippen LogP contribution >= 0.6 is 11.3 Å². The molecule has 1 fully saturated rings. The average molecular weight is 341 g/mol. The molecule has 4 rings (SSSR count). The van der Waals surface area contributed by atoms with Crippen molar-refractivity contribution in [1.82, 2.24) is 9.88 Å². The number of urea groups is 1. The molecule has 0 bridgehead atoms. The van der Waals surface area contributed by atoms with Crippen molar-refractivity contribution in [1.29, 1.82) is 0 Å². The van der Waals surface area contributed by atoms with Gasteiger partial charge in [-0.15, -0.1) is 11.3 Å². The van der Waals surface area contributed by atoms with Gasteiger partial charge in [0.2, 0.25) is 0 Å². The number of rotatable bonds is 2. The lowest BCUT2D eigenvalue weighted by molar-refractivity contribution is 0.222. The third kappa shape index (κ3) is 2.97. The predicted octanol–water partition coefficient (Wildman–Crippen LogP) is 4.73. The molecular formula is C18H16FN3OS. The Morgan fingerprint density at radius 3 is 2.62 bits per heavy atom. The monoisotopic (exact) mass is 341 g/mol. The Kier molecular flexibility index (Phi) is 3.90. The summed E-state index contributed by atoms with van der Waals surface area (Å²) in [6.07, 6.45) is 2.14. The van der Waals surface area contributed by atoms with Crippen LogP contribution in [0, 0.1) is 5.82 Å². The number of carbonyl (C=O) groups is 1. The van der Waals surface area contributed by atoms with Crippen LogP contribution in [-0.4, -0.2) is 29.0 Å². The minimum absolute atomic E-state index is 0.0548. The number of hydrogen-bond acceptors (Lipinski definition) is 3. The molecule has 1 saturated heterocycles. The molecule has 3 aromatic rings. The van der Waals surface area contributed by atoms with Crippen LogP contribution < -0.4 is 5.32 Å². The van der Waals surface area contributed by atoms with Gasteiger partial charge >= 0.3 is 6.03 Å². The Bertz CT molecular complexity index is 885. The third-order valence-corrected chi connectivity index (χ3v) is 5.21. The summed E-state index contributed by atoms with van der Waals surface area (Å²) in [4.78, 5) is 18.6. The number of carbonyl (C=O) groups excluding carboxylic acids is 1. The van der Waals surface area contributed by atoms with Gasteiger partial charge in [0.15, 0.2) is 0 Å². The maximum absolute atomic E-state index is 13.0. The van der Waals surface area contributed by atoms with Crippen LogP contribution in [0.3, 0.4) is 0 Å². The largest absolute Gasteiger partial charge is 0.325 e. The quantitative estimate of drug-likeness (QED) is 0.732. The summed E-state index contributed by atoms with van der Waals surface area (Å²) < 4.78 is 14.1. The van der Waals surface area contributed by atoms with E-state index in [0.29, 0.717) is 0 Å². The highest BCUT2D eigenvalue weighted by Crippen LogP contribution is 2.31. The fourth-order valence-electron chi connectivity index (χ4n) is 2.84. The minimum Gasteiger partial charge on any atom is -0.325 e. The number of fused-ring (bicyclic) bond motifs is 1. The number of amides is 2. The second-order valence-electron chi connectivity index (χ2n) is 5.83. The van der Waals surface area contributed by atoms with Gasteiger partial charge in [-0.05, 0) is 55.3 Å². The van der Waals surface area contributed by atoms with E-state index in [2.05, 4.69) is 10.3 Å². The fraction of sp³-hybridized carbons (Fsp3) is 0.222. The Balaban J connectivity index is 1.58. The summed E-state index contributed by atoms with van der Waals surface area (Å²) in [5, 5.41) is 3.78. The van der Waals surface area contributed by atoms with Crippen molar-refractivity contribution >= 4 is 33.3 Å². The summed E-state index contributed by atoms with van der Waals surface area (Å²) in [6.45, 7) is 1.64. The van der Waals surface area contributed by atoms with Gasteiger partial charge in [0.25, 0.3) is 0 Å². The van der Waals surface area contributed by atoms with Crippen molar-refractivity contribution in [3.05, 3.63) is 48.3 Å². The number of thiazole rings is 1. The molecule has 0 radical (unpaired) electrons. The van der Waals surface area contributed by atoms with E-state index in [1.165, 1.54) is 12.1 Å². The summed E-state index contributed by atoms with van der Waals surface area (Å²) >= 11 is 1.55. The molecule has 0 aliphatic carbocycles. The molecule has 1 aliphatic heterocycles. The van der Waals surface area contributed by atoms with E-state index in [9.17, 15) is 9.18 Å². The molecule has 2 amide bonds. The van der Waals surface area contributed by atoms with Gasteiger partial charge in [0.05, 0.1) is 10.2 Å². The van der Waals surface area contributed by atoms with Crippen LogP contribution in [0.15, 0.2) is 42.5 Å². The van der Waals surface area contributed by atoms with Gasteiger partial charge in [0, 0.05) is 24.3 Å². The number of nitrogens with one attached hydrogen (secondary N) is 1. The number of likely N-dealkylation sites (tertiary alicyclic amines) is 1. The first-order valence-corrected chi connectivity index (χ1v) is 8.73. The summed E-state index contributed by atoms with van der Waals surface area (Å²) in [7, 11) is 0. The van der Waals surface area contributed by atoms with E-state index >= 15 is 0 Å². The number of halogens is 1. The molecule has 4 nitrogen and oxygen atoms in total. The zero-order valence-electron chi connectivity index (χ0n) is 13.0. The normalized spacial score (nSPS) is 14.3. The van der Waals surface area contributed by atoms with E-state index in [0.717, 1.165) is 52.4 Å². The summed E-state index contributed by atoms with van der Waals surface area (Å²) in [5.74, 6) is -0.258. The van der Waals surface area contributed by atoms with Crippen molar-refractivity contribution in [3.8, 4) is 10.6 Å². The van der Waals surface area contributed by atoms with Gasteiger partial charge in [-0.3, -0.25) is 0 Å². The number of benzene rings is 2. The Morgan fingerprint density at radius 2 is 1.88 bits per heavy atom. The molecule has 6 heteroatoms. The Morgan fingerprint density at radius 1 is 1.12 bits per heavy atom. The van der Waals surface area contributed by atoms with Crippen molar-refractivity contribution in [2.45, 2.75) is 12.8 Å². The molecule has 24 heavy (non-hydrogen) atoms. The molecule has 0 atom stereocenters. The smallest absolute Gasteiger partial charge is 0.321 e. The van der Waals surface area contributed by atoms with Crippen molar-refractivity contribution in [2.24, 2.45) is 0 Å². The first kappa shape index (κ1) is 15.1. The van der Waals surface area contributed by atoms with Gasteiger partial charge in [-0.2, -0.15) is 0 Å². The van der Waals surface area contributed by atoms with Crippen LogP contribution in [0.1, 0.15) is 12.8 Å². The molecular weight excluding hydrogens is 325 g/mol. The zero-order chi connectivity index (χ0) is 16.5. The van der Waals surface area contributed by atoms with Crippen LogP contribution in [-0.2, 0) is 0 Å². The SMILES string of the molecule is O=C(Nc1ccc2sc(-c3ccc(F)cc3)nc2c1)N1CCCC1. The second-order valence-corrected chi connectivity index (χ2v) is 6.86. The number of nitrogens with zero attached hydrogens (tertiary/aromatic N) is 2. The van der Waals surface area contributed by atoms with Crippen LogP contribution in [0.4, 0.5) is 14.9 Å². The molecule has 2 aromatic carbocycles. The maximum atomic E-state index is 13.0. The number of aromatic nitrogens is 1. The molecule has 0 saturated carbocycles. The standard InChI is InChI=1S/C18H16FN3OS/c19-13-5-3-12(4-6-13)17-21-15-11-14(7-8-16(15)24-17)20-18(23)22-9-1-2-10-22/h3-8,11H,1-2,9-10H2,(H,20,23). The maximum Gasteiger partial charge on any atom is 0.321 e. The van der Waals surface area contributed by atoms with E-state index in [-0.39, 0.29) is 11.8 Å². The van der Waals surface area contributed by atoms with Gasteiger partial charge in [-0.25, -0.2) is 14.2 Å². The number of anilines is 1. The highest BCUT2D eigenvalue weighted by atomic mass is 32.1. The van der Waals surface area contributed by atoms with Crippen LogP contribution in [0.25, 0.3) is 20.8 Å². The Hall–Kier alpha value is -2.47. The lowest BCUT2D eigenvalue weighted by Gasteiger charge is -2.16. The lowest BCUT2D eigenvalue weighted by Crippen LogP contribution is -2.32. The van der Waals surface area contributed by atoms with E-state index in [1.54, 1.807) is 23.5 Å². The fourth-order valence-corrected chi connectivity index (χ4v) is 3.80. The van der Waals surface area contributed by atoms with Gasteiger partial charge in [-0.1, -0.05) is 0 Å². The minimum atomic E-state index is -0.258. The first-order valence-electron chi connectivity index (χ1n) is 7.91. The molecule has 122 valence electrons. The molecule has 0 spiro atoms. The van der Waals surface area contributed by atoms with Gasteiger partial charge in [0.1, 0.15) is 10.8 Å². The van der Waals surface area contributed by atoms with Crippen molar-refractivity contribution in [2.75, 3.05) is 18.4 Å². The highest BCUT2D eigenvalue weighted by Gasteiger charge is 2.18. The lowest BCUT2D eigenvalue weighted by atomic mass is 10.2. The van der Waals surface area contributed by atoms with Crippen LogP contribution in [0.5, 0.6) is 0 Å². The third-order valence-electron chi connectivity index (χ3n) is 4.12. The number of hydrogen-bond donors (Lipinski definition) is 1. The average Bonchev–Trinajstić information content (AvgIpc) is 3.24. The second kappa shape index (κ2) is 6.20. The predicted molar refractivity (Wildman–Crippen MR) is 94.8 cm³/mol.